The van der Waals surface area contributed by atoms with Crippen LogP contribution in [0.3, 0.4) is 0 Å². The maximum atomic E-state index is 12.6. The molecule has 146 valence electrons. The minimum atomic E-state index is -0.112. The molecule has 0 aliphatic heterocycles. The highest BCUT2D eigenvalue weighted by Gasteiger charge is 2.13. The Labute approximate surface area is 177 Å². The average molecular weight is 422 g/mol. The fourth-order valence-electron chi connectivity index (χ4n) is 2.91. The van der Waals surface area contributed by atoms with E-state index in [2.05, 4.69) is 10.3 Å². The van der Waals surface area contributed by atoms with Gasteiger partial charge in [-0.15, -0.1) is 11.3 Å². The van der Waals surface area contributed by atoms with E-state index in [1.54, 1.807) is 18.4 Å². The summed E-state index contributed by atoms with van der Waals surface area (Å²) in [7, 11) is 1.59. The van der Waals surface area contributed by atoms with Crippen molar-refractivity contribution in [3.63, 3.8) is 0 Å². The highest BCUT2D eigenvalue weighted by atomic mass is 32.2. The molecule has 2 aromatic carbocycles. The summed E-state index contributed by atoms with van der Waals surface area (Å²) >= 11 is 3.00. The summed E-state index contributed by atoms with van der Waals surface area (Å²) in [6.07, 6.45) is 0. The smallest absolute Gasteiger partial charge is 0.234 e. The molecule has 0 atom stereocenters. The van der Waals surface area contributed by atoms with Gasteiger partial charge in [-0.3, -0.25) is 4.79 Å². The highest BCUT2D eigenvalue weighted by Crippen LogP contribution is 2.30. The van der Waals surface area contributed by atoms with Crippen LogP contribution < -0.4 is 10.1 Å². The second-order valence-corrected chi connectivity index (χ2v) is 8.30. The predicted molar refractivity (Wildman–Crippen MR) is 120 cm³/mol. The van der Waals surface area contributed by atoms with Crippen LogP contribution in [0, 0.1) is 6.92 Å². The van der Waals surface area contributed by atoms with Crippen molar-refractivity contribution >= 4 is 45.6 Å². The maximum absolute atomic E-state index is 12.6. The number of benzene rings is 2. The summed E-state index contributed by atoms with van der Waals surface area (Å²) < 4.78 is 5.34. The van der Waals surface area contributed by atoms with E-state index in [0.29, 0.717) is 17.3 Å². The number of amides is 1. The number of hydrogen-bond donors (Lipinski definition) is 1. The number of para-hydroxylation sites is 1. The van der Waals surface area contributed by atoms with Gasteiger partial charge in [-0.1, -0.05) is 42.1 Å². The van der Waals surface area contributed by atoms with E-state index >= 15 is 0 Å². The molecule has 0 unspecified atom stereocenters. The molecule has 4 rings (SSSR count). The first-order chi connectivity index (χ1) is 14.1. The minimum Gasteiger partial charge on any atom is -0.495 e. The number of ether oxygens (including phenoxy) is 1. The lowest BCUT2D eigenvalue weighted by Gasteiger charge is -2.11. The topological polar surface area (TPSA) is 64.1 Å². The number of hydrogen-bond acceptors (Lipinski definition) is 6. The summed E-state index contributed by atoms with van der Waals surface area (Å²) in [6, 6.07) is 17.5. The van der Waals surface area contributed by atoms with Crippen molar-refractivity contribution in [2.45, 2.75) is 11.9 Å². The van der Waals surface area contributed by atoms with Crippen molar-refractivity contribution < 1.29 is 9.53 Å². The second kappa shape index (κ2) is 8.63. The van der Waals surface area contributed by atoms with Crippen LogP contribution in [-0.2, 0) is 4.79 Å². The van der Waals surface area contributed by atoms with Crippen LogP contribution in [0.4, 0.5) is 5.69 Å². The van der Waals surface area contributed by atoms with Crippen LogP contribution >= 0.6 is 23.1 Å². The highest BCUT2D eigenvalue weighted by molar-refractivity contribution is 8.00. The standard InChI is InChI=1S/C22H19N3O2S2/c1-14-9-10-18(27-2)17(12-14)23-20(26)13-29-22-15-6-3-4-7-16(15)24-21(25-22)19-8-5-11-28-19/h3-12H,13H2,1-2H3,(H,23,26). The Kier molecular flexibility index (Phi) is 5.78. The Bertz CT molecular complexity index is 1160. The summed E-state index contributed by atoms with van der Waals surface area (Å²) in [4.78, 5) is 23.0. The molecular weight excluding hydrogens is 402 g/mol. The van der Waals surface area contributed by atoms with Crippen molar-refractivity contribution in [1.82, 2.24) is 9.97 Å². The third-order valence-electron chi connectivity index (χ3n) is 4.28. The number of anilines is 1. The predicted octanol–water partition coefficient (Wildman–Crippen LogP) is 5.41. The van der Waals surface area contributed by atoms with Gasteiger partial charge in [0.2, 0.25) is 5.91 Å². The number of nitrogens with zero attached hydrogens (tertiary/aromatic N) is 2. The van der Waals surface area contributed by atoms with Gasteiger partial charge in [0.05, 0.1) is 28.9 Å². The van der Waals surface area contributed by atoms with Crippen LogP contribution in [0.5, 0.6) is 5.75 Å². The van der Waals surface area contributed by atoms with Gasteiger partial charge in [0.25, 0.3) is 0 Å². The Morgan fingerprint density at radius 2 is 2.00 bits per heavy atom. The summed E-state index contributed by atoms with van der Waals surface area (Å²) in [5.41, 5.74) is 2.59. The molecule has 0 saturated carbocycles. The molecule has 0 aliphatic carbocycles. The van der Waals surface area contributed by atoms with Crippen molar-refractivity contribution in [3.05, 3.63) is 65.5 Å². The zero-order valence-corrected chi connectivity index (χ0v) is 17.6. The first kappa shape index (κ1) is 19.4. The van der Waals surface area contributed by atoms with Gasteiger partial charge in [-0.25, -0.2) is 9.97 Å². The fraction of sp³-hybridized carbons (Fsp3) is 0.136. The third kappa shape index (κ3) is 4.41. The van der Waals surface area contributed by atoms with E-state index < -0.39 is 0 Å². The number of thiophene rings is 1. The number of carbonyl (C=O) groups is 1. The van der Waals surface area contributed by atoms with Crippen molar-refractivity contribution in [2.75, 3.05) is 18.2 Å². The van der Waals surface area contributed by atoms with Gasteiger partial charge in [-0.2, -0.15) is 0 Å². The van der Waals surface area contributed by atoms with Gasteiger partial charge < -0.3 is 10.1 Å². The molecule has 5 nitrogen and oxygen atoms in total. The Hall–Kier alpha value is -2.90. The number of thioether (sulfide) groups is 1. The molecule has 4 aromatic rings. The van der Waals surface area contributed by atoms with Gasteiger partial charge in [0, 0.05) is 5.39 Å². The van der Waals surface area contributed by atoms with Gasteiger partial charge in [-0.05, 0) is 42.1 Å². The van der Waals surface area contributed by atoms with Crippen molar-refractivity contribution in [2.24, 2.45) is 0 Å². The number of aromatic nitrogens is 2. The molecule has 0 aliphatic rings. The number of rotatable bonds is 6. The van der Waals surface area contributed by atoms with Crippen molar-refractivity contribution in [3.8, 4) is 16.5 Å². The molecule has 0 radical (unpaired) electrons. The van der Waals surface area contributed by atoms with Crippen LogP contribution in [0.2, 0.25) is 0 Å². The molecule has 29 heavy (non-hydrogen) atoms. The normalized spacial score (nSPS) is 10.8. The number of nitrogens with one attached hydrogen (secondary N) is 1. The summed E-state index contributed by atoms with van der Waals surface area (Å²) in [5, 5.41) is 6.68. The molecule has 0 bridgehead atoms. The van der Waals surface area contributed by atoms with Crippen LogP contribution in [0.1, 0.15) is 5.56 Å². The van der Waals surface area contributed by atoms with Crippen molar-refractivity contribution in [1.29, 1.82) is 0 Å². The van der Waals surface area contributed by atoms with Gasteiger partial charge >= 0.3 is 0 Å². The molecule has 1 amide bonds. The number of carbonyl (C=O) groups excluding carboxylic acids is 1. The largest absolute Gasteiger partial charge is 0.495 e. The molecule has 7 heteroatoms. The quantitative estimate of drug-likeness (QED) is 0.333. The van der Waals surface area contributed by atoms with E-state index in [1.165, 1.54) is 11.8 Å². The monoisotopic (exact) mass is 421 g/mol. The molecule has 0 fully saturated rings. The SMILES string of the molecule is COc1ccc(C)cc1NC(=O)CSc1nc(-c2cccs2)nc2ccccc12. The Morgan fingerprint density at radius 3 is 2.79 bits per heavy atom. The van der Waals surface area contributed by atoms with E-state index in [0.717, 1.165) is 26.4 Å². The van der Waals surface area contributed by atoms with E-state index in [1.807, 2.05) is 66.9 Å². The van der Waals surface area contributed by atoms with E-state index in [9.17, 15) is 4.79 Å². The maximum Gasteiger partial charge on any atom is 0.234 e. The van der Waals surface area contributed by atoms with E-state index in [-0.39, 0.29) is 11.7 Å². The number of aryl methyl sites for hydroxylation is 1. The molecule has 0 spiro atoms. The zero-order chi connectivity index (χ0) is 20.2. The Balaban J connectivity index is 1.56. The first-order valence-electron chi connectivity index (χ1n) is 9.02. The third-order valence-corrected chi connectivity index (χ3v) is 6.14. The zero-order valence-electron chi connectivity index (χ0n) is 16.0. The lowest BCUT2D eigenvalue weighted by molar-refractivity contribution is -0.113. The lowest BCUT2D eigenvalue weighted by Crippen LogP contribution is -2.15. The fourth-order valence-corrected chi connectivity index (χ4v) is 4.39. The molecule has 2 aromatic heterocycles. The second-order valence-electron chi connectivity index (χ2n) is 6.39. The first-order valence-corrected chi connectivity index (χ1v) is 10.9. The van der Waals surface area contributed by atoms with Gasteiger partial charge in [0.15, 0.2) is 5.82 Å². The Morgan fingerprint density at radius 1 is 1.14 bits per heavy atom. The molecule has 0 saturated heterocycles. The minimum absolute atomic E-state index is 0.112. The average Bonchev–Trinajstić information content (AvgIpc) is 3.27. The summed E-state index contributed by atoms with van der Waals surface area (Å²) in [6.45, 7) is 1.98. The number of fused-ring (bicyclic) bond motifs is 1. The molecular formula is C22H19N3O2S2. The van der Waals surface area contributed by atoms with Crippen LogP contribution in [-0.4, -0.2) is 28.7 Å². The van der Waals surface area contributed by atoms with Crippen LogP contribution in [0.15, 0.2) is 65.0 Å². The van der Waals surface area contributed by atoms with Crippen LogP contribution in [0.25, 0.3) is 21.6 Å². The molecule has 1 N–H and O–H groups in total. The van der Waals surface area contributed by atoms with E-state index in [4.69, 9.17) is 9.72 Å². The summed E-state index contributed by atoms with van der Waals surface area (Å²) in [5.74, 6) is 1.45. The molecule has 2 heterocycles. The number of methoxy groups -OCH3 is 1. The van der Waals surface area contributed by atoms with Gasteiger partial charge in [0.1, 0.15) is 10.8 Å². The lowest BCUT2D eigenvalue weighted by atomic mass is 10.2.